The van der Waals surface area contributed by atoms with E-state index in [1.807, 2.05) is 13.8 Å². The fourth-order valence-electron chi connectivity index (χ4n) is 1.86. The van der Waals surface area contributed by atoms with Crippen molar-refractivity contribution in [2.45, 2.75) is 40.8 Å². The molecule has 3 heteroatoms. The van der Waals surface area contributed by atoms with E-state index in [0.29, 0.717) is 6.54 Å². The zero-order valence-corrected chi connectivity index (χ0v) is 12.6. The molecule has 1 rings (SSSR count). The molecule has 106 valence electrons. The summed E-state index contributed by atoms with van der Waals surface area (Å²) >= 11 is 0. The van der Waals surface area contributed by atoms with Gasteiger partial charge in [0.2, 0.25) is 5.91 Å². The van der Waals surface area contributed by atoms with Crippen LogP contribution in [0.4, 0.5) is 0 Å². The molecule has 0 aliphatic rings. The van der Waals surface area contributed by atoms with Crippen molar-refractivity contribution in [3.8, 4) is 0 Å². The highest BCUT2D eigenvalue weighted by molar-refractivity contribution is 5.77. The van der Waals surface area contributed by atoms with E-state index in [4.69, 9.17) is 0 Å². The van der Waals surface area contributed by atoms with E-state index in [9.17, 15) is 4.79 Å². The second-order valence-electron chi connectivity index (χ2n) is 5.15. The number of hydrogen-bond acceptors (Lipinski definition) is 2. The Morgan fingerprint density at radius 3 is 2.11 bits per heavy atom. The minimum Gasteiger partial charge on any atom is -0.352 e. The highest BCUT2D eigenvalue weighted by Crippen LogP contribution is 2.07. The number of hydrogen-bond donors (Lipinski definition) is 1. The number of nitrogens with one attached hydrogen (secondary N) is 1. The second-order valence-corrected chi connectivity index (χ2v) is 5.15. The summed E-state index contributed by atoms with van der Waals surface area (Å²) in [5.74, 6) is 0.147. The fraction of sp³-hybridized carbons (Fsp3) is 0.562. The van der Waals surface area contributed by atoms with Gasteiger partial charge in [-0.3, -0.25) is 9.69 Å². The van der Waals surface area contributed by atoms with Gasteiger partial charge in [-0.2, -0.15) is 0 Å². The number of nitrogens with zero attached hydrogens (tertiary/aromatic N) is 1. The Balaban J connectivity index is 2.49. The van der Waals surface area contributed by atoms with Gasteiger partial charge in [0.15, 0.2) is 0 Å². The summed E-state index contributed by atoms with van der Waals surface area (Å²) in [6, 6.07) is 8.49. The molecule has 0 saturated carbocycles. The molecule has 0 bridgehead atoms. The lowest BCUT2D eigenvalue weighted by Crippen LogP contribution is -2.27. The van der Waals surface area contributed by atoms with Gasteiger partial charge in [0.05, 0.1) is 0 Å². The molecule has 19 heavy (non-hydrogen) atoms. The van der Waals surface area contributed by atoms with E-state index < -0.39 is 0 Å². The van der Waals surface area contributed by atoms with E-state index in [2.05, 4.69) is 48.3 Å². The first kappa shape index (κ1) is 15.7. The van der Waals surface area contributed by atoms with Crippen molar-refractivity contribution >= 4 is 5.91 Å². The first-order valence-corrected chi connectivity index (χ1v) is 7.14. The van der Waals surface area contributed by atoms with Crippen molar-refractivity contribution in [1.82, 2.24) is 10.2 Å². The van der Waals surface area contributed by atoms with E-state index in [1.165, 1.54) is 5.56 Å². The van der Waals surface area contributed by atoms with Crippen LogP contribution in [0.25, 0.3) is 0 Å². The maximum atomic E-state index is 11.5. The molecule has 0 aromatic heterocycles. The van der Waals surface area contributed by atoms with Crippen molar-refractivity contribution in [2.75, 3.05) is 13.1 Å². The molecule has 3 nitrogen and oxygen atoms in total. The van der Waals surface area contributed by atoms with Crippen LogP contribution in [0.1, 0.15) is 38.8 Å². The van der Waals surface area contributed by atoms with Crippen molar-refractivity contribution in [3.05, 3.63) is 35.4 Å². The molecule has 0 unspecified atom stereocenters. The van der Waals surface area contributed by atoms with Gasteiger partial charge >= 0.3 is 0 Å². The Morgan fingerprint density at radius 1 is 1.11 bits per heavy atom. The topological polar surface area (TPSA) is 32.3 Å². The van der Waals surface area contributed by atoms with Gasteiger partial charge in [-0.1, -0.05) is 52.0 Å². The van der Waals surface area contributed by atoms with Crippen LogP contribution in [0.5, 0.6) is 0 Å². The molecule has 0 saturated heterocycles. The van der Waals surface area contributed by atoms with Gasteiger partial charge in [-0.05, 0) is 24.2 Å². The Kier molecular flexibility index (Phi) is 6.57. The lowest BCUT2D eigenvalue weighted by atomic mass is 10.1. The van der Waals surface area contributed by atoms with Crippen LogP contribution in [0.15, 0.2) is 24.3 Å². The van der Waals surface area contributed by atoms with Gasteiger partial charge in [0, 0.05) is 19.0 Å². The van der Waals surface area contributed by atoms with E-state index >= 15 is 0 Å². The molecule has 1 N–H and O–H groups in total. The van der Waals surface area contributed by atoms with E-state index in [0.717, 1.165) is 25.2 Å². The zero-order chi connectivity index (χ0) is 14.3. The molecule has 0 fully saturated rings. The van der Waals surface area contributed by atoms with Crippen molar-refractivity contribution < 1.29 is 4.79 Å². The molecule has 0 atom stereocenters. The summed E-state index contributed by atoms with van der Waals surface area (Å²) in [4.78, 5) is 13.9. The number of benzene rings is 1. The van der Waals surface area contributed by atoms with Crippen LogP contribution in [-0.2, 0) is 17.9 Å². The molecule has 1 aromatic rings. The van der Waals surface area contributed by atoms with Crippen molar-refractivity contribution in [3.63, 3.8) is 0 Å². The van der Waals surface area contributed by atoms with Gasteiger partial charge in [-0.15, -0.1) is 0 Å². The number of carbonyl (C=O) groups excluding carboxylic acids is 1. The third-order valence-electron chi connectivity index (χ3n) is 3.31. The van der Waals surface area contributed by atoms with Crippen LogP contribution in [0.2, 0.25) is 0 Å². The number of rotatable bonds is 7. The Labute approximate surface area is 117 Å². The SMILES string of the molecule is CCN(CC)Cc1ccc(CNC(=O)C(C)C)cc1. The molecule has 0 heterocycles. The van der Waals surface area contributed by atoms with Gasteiger partial charge < -0.3 is 5.32 Å². The summed E-state index contributed by atoms with van der Waals surface area (Å²) in [7, 11) is 0. The summed E-state index contributed by atoms with van der Waals surface area (Å²) in [6.07, 6.45) is 0. The fourth-order valence-corrected chi connectivity index (χ4v) is 1.86. The van der Waals surface area contributed by atoms with E-state index in [-0.39, 0.29) is 11.8 Å². The number of amides is 1. The highest BCUT2D eigenvalue weighted by Gasteiger charge is 2.06. The molecular weight excluding hydrogens is 236 g/mol. The van der Waals surface area contributed by atoms with Crippen molar-refractivity contribution in [2.24, 2.45) is 5.92 Å². The predicted octanol–water partition coefficient (Wildman–Crippen LogP) is 2.80. The largest absolute Gasteiger partial charge is 0.352 e. The number of carbonyl (C=O) groups is 1. The Hall–Kier alpha value is -1.35. The standard InChI is InChI=1S/C16H26N2O/c1-5-18(6-2)12-15-9-7-14(8-10-15)11-17-16(19)13(3)4/h7-10,13H,5-6,11-12H2,1-4H3,(H,17,19). The van der Waals surface area contributed by atoms with Crippen LogP contribution in [0, 0.1) is 5.92 Å². The molecule has 0 spiro atoms. The Morgan fingerprint density at radius 2 is 1.63 bits per heavy atom. The summed E-state index contributed by atoms with van der Waals surface area (Å²) in [6.45, 7) is 11.9. The lowest BCUT2D eigenvalue weighted by molar-refractivity contribution is -0.124. The summed E-state index contributed by atoms with van der Waals surface area (Å²) in [5.41, 5.74) is 2.47. The zero-order valence-electron chi connectivity index (χ0n) is 12.6. The van der Waals surface area contributed by atoms with Crippen LogP contribution >= 0.6 is 0 Å². The quantitative estimate of drug-likeness (QED) is 0.819. The van der Waals surface area contributed by atoms with E-state index in [1.54, 1.807) is 0 Å². The predicted molar refractivity (Wildman–Crippen MR) is 79.8 cm³/mol. The smallest absolute Gasteiger partial charge is 0.222 e. The minimum absolute atomic E-state index is 0.0435. The maximum absolute atomic E-state index is 11.5. The molecule has 0 radical (unpaired) electrons. The summed E-state index contributed by atoms with van der Waals surface area (Å²) in [5, 5.41) is 2.93. The maximum Gasteiger partial charge on any atom is 0.222 e. The third kappa shape index (κ3) is 5.43. The monoisotopic (exact) mass is 262 g/mol. The minimum atomic E-state index is 0.0435. The van der Waals surface area contributed by atoms with Gasteiger partial charge in [0.1, 0.15) is 0 Å². The molecule has 0 aliphatic carbocycles. The Bertz CT molecular complexity index is 380. The van der Waals surface area contributed by atoms with Crippen LogP contribution < -0.4 is 5.32 Å². The average Bonchev–Trinajstić information content (AvgIpc) is 2.43. The first-order valence-electron chi connectivity index (χ1n) is 7.14. The van der Waals surface area contributed by atoms with Crippen LogP contribution in [0.3, 0.4) is 0 Å². The molecular formula is C16H26N2O. The van der Waals surface area contributed by atoms with Crippen molar-refractivity contribution in [1.29, 1.82) is 0 Å². The average molecular weight is 262 g/mol. The molecule has 0 aliphatic heterocycles. The molecule has 1 aromatic carbocycles. The van der Waals surface area contributed by atoms with Gasteiger partial charge in [0.25, 0.3) is 0 Å². The highest BCUT2D eigenvalue weighted by atomic mass is 16.1. The third-order valence-corrected chi connectivity index (χ3v) is 3.31. The normalized spacial score (nSPS) is 11.1. The summed E-state index contributed by atoms with van der Waals surface area (Å²) < 4.78 is 0. The van der Waals surface area contributed by atoms with Gasteiger partial charge in [-0.25, -0.2) is 0 Å². The second kappa shape index (κ2) is 7.95. The van der Waals surface area contributed by atoms with Crippen LogP contribution in [-0.4, -0.2) is 23.9 Å². The first-order chi connectivity index (χ1) is 9.06. The lowest BCUT2D eigenvalue weighted by Gasteiger charge is -2.18. The molecule has 1 amide bonds.